The third-order valence-corrected chi connectivity index (χ3v) is 5.82. The Hall–Kier alpha value is -3.52. The molecule has 5 aromatic heterocycles. The lowest BCUT2D eigenvalue weighted by Gasteiger charge is -2.07. The standard InChI is InChI=1S/C22H20N6OS/c1-14-5-6-27-12-16(26-20(27)8-14)10-23-22(29)18-9-15(2)25-21-19(18)11-24-28(21)13-17-4-3-7-30-17/h3-9,11-12H,10,13H2,1-2H3,(H,23,29). The summed E-state index contributed by atoms with van der Waals surface area (Å²) in [5, 5.41) is 10.3. The number of thiophene rings is 1. The summed E-state index contributed by atoms with van der Waals surface area (Å²) in [4.78, 5) is 23.4. The molecule has 0 aliphatic rings. The fourth-order valence-electron chi connectivity index (χ4n) is 3.51. The van der Waals surface area contributed by atoms with Crippen LogP contribution in [-0.4, -0.2) is 30.1 Å². The van der Waals surface area contributed by atoms with E-state index >= 15 is 0 Å². The fourth-order valence-corrected chi connectivity index (χ4v) is 4.20. The van der Waals surface area contributed by atoms with Gasteiger partial charge in [0, 0.05) is 23.0 Å². The Balaban J connectivity index is 1.40. The molecule has 0 radical (unpaired) electrons. The molecule has 8 heteroatoms. The van der Waals surface area contributed by atoms with Crippen LogP contribution in [0.3, 0.4) is 0 Å². The van der Waals surface area contributed by atoms with Crippen LogP contribution in [0.5, 0.6) is 0 Å². The molecule has 5 rings (SSSR count). The zero-order valence-electron chi connectivity index (χ0n) is 16.7. The summed E-state index contributed by atoms with van der Waals surface area (Å²) in [6.45, 7) is 4.92. The molecule has 0 spiro atoms. The number of imidazole rings is 1. The lowest BCUT2D eigenvalue weighted by molar-refractivity contribution is 0.0952. The van der Waals surface area contributed by atoms with Crippen molar-refractivity contribution in [2.75, 3.05) is 0 Å². The first-order valence-electron chi connectivity index (χ1n) is 9.65. The predicted molar refractivity (Wildman–Crippen MR) is 117 cm³/mol. The number of nitrogens with one attached hydrogen (secondary N) is 1. The third kappa shape index (κ3) is 3.46. The molecule has 0 saturated carbocycles. The number of pyridine rings is 2. The maximum Gasteiger partial charge on any atom is 0.252 e. The molecule has 0 aliphatic heterocycles. The maximum absolute atomic E-state index is 13.0. The number of amides is 1. The second-order valence-corrected chi connectivity index (χ2v) is 8.35. The van der Waals surface area contributed by atoms with Crippen LogP contribution in [0.4, 0.5) is 0 Å². The number of hydrogen-bond donors (Lipinski definition) is 1. The van der Waals surface area contributed by atoms with Crippen LogP contribution in [0.25, 0.3) is 16.7 Å². The molecule has 1 amide bonds. The first-order chi connectivity index (χ1) is 14.6. The normalized spacial score (nSPS) is 11.4. The Labute approximate surface area is 177 Å². The van der Waals surface area contributed by atoms with Crippen molar-refractivity contribution in [1.29, 1.82) is 0 Å². The fraction of sp³-hybridized carbons (Fsp3) is 0.182. The van der Waals surface area contributed by atoms with Crippen LogP contribution in [0.15, 0.2) is 54.3 Å². The number of nitrogens with zero attached hydrogens (tertiary/aromatic N) is 5. The molecule has 0 atom stereocenters. The van der Waals surface area contributed by atoms with Crippen LogP contribution in [-0.2, 0) is 13.1 Å². The van der Waals surface area contributed by atoms with Gasteiger partial charge in [0.15, 0.2) is 5.65 Å². The van der Waals surface area contributed by atoms with E-state index in [1.165, 1.54) is 4.88 Å². The van der Waals surface area contributed by atoms with Crippen molar-refractivity contribution in [1.82, 2.24) is 29.5 Å². The van der Waals surface area contributed by atoms with Crippen molar-refractivity contribution < 1.29 is 4.79 Å². The molecule has 7 nitrogen and oxygen atoms in total. The molecule has 0 unspecified atom stereocenters. The smallest absolute Gasteiger partial charge is 0.252 e. The molecule has 0 aliphatic carbocycles. The Bertz CT molecular complexity index is 1370. The van der Waals surface area contributed by atoms with Crippen molar-refractivity contribution in [3.8, 4) is 0 Å². The number of aryl methyl sites for hydroxylation is 2. The molecule has 0 bridgehead atoms. The van der Waals surface area contributed by atoms with Crippen molar-refractivity contribution in [3.63, 3.8) is 0 Å². The minimum absolute atomic E-state index is 0.158. The molecule has 150 valence electrons. The van der Waals surface area contributed by atoms with Crippen molar-refractivity contribution in [3.05, 3.63) is 81.7 Å². The van der Waals surface area contributed by atoms with Crippen LogP contribution < -0.4 is 5.32 Å². The highest BCUT2D eigenvalue weighted by molar-refractivity contribution is 7.09. The van der Waals surface area contributed by atoms with Gasteiger partial charge in [-0.05, 0) is 49.1 Å². The lowest BCUT2D eigenvalue weighted by atomic mass is 10.1. The summed E-state index contributed by atoms with van der Waals surface area (Å²) in [6.07, 6.45) is 5.63. The molecular weight excluding hydrogens is 396 g/mol. The van der Waals surface area contributed by atoms with E-state index in [9.17, 15) is 4.79 Å². The Morgan fingerprint density at radius 2 is 2.10 bits per heavy atom. The van der Waals surface area contributed by atoms with Gasteiger partial charge in [0.05, 0.1) is 35.9 Å². The number of rotatable bonds is 5. The summed E-state index contributed by atoms with van der Waals surface area (Å²) in [5.41, 5.74) is 4.91. The predicted octanol–water partition coefficient (Wildman–Crippen LogP) is 3.74. The van der Waals surface area contributed by atoms with E-state index in [0.29, 0.717) is 18.7 Å². The largest absolute Gasteiger partial charge is 0.346 e. The summed E-state index contributed by atoms with van der Waals surface area (Å²) in [6, 6.07) is 9.94. The van der Waals surface area contributed by atoms with Gasteiger partial charge in [-0.25, -0.2) is 14.6 Å². The molecule has 0 aromatic carbocycles. The van der Waals surface area contributed by atoms with E-state index in [0.717, 1.165) is 33.6 Å². The molecule has 0 saturated heterocycles. The van der Waals surface area contributed by atoms with Gasteiger partial charge in [-0.1, -0.05) is 6.07 Å². The van der Waals surface area contributed by atoms with Crippen LogP contribution >= 0.6 is 11.3 Å². The summed E-state index contributed by atoms with van der Waals surface area (Å²) in [5.74, 6) is -0.158. The molecule has 5 heterocycles. The summed E-state index contributed by atoms with van der Waals surface area (Å²) < 4.78 is 3.80. The monoisotopic (exact) mass is 416 g/mol. The first-order valence-corrected chi connectivity index (χ1v) is 10.5. The van der Waals surface area contributed by atoms with E-state index < -0.39 is 0 Å². The minimum atomic E-state index is -0.158. The molecule has 30 heavy (non-hydrogen) atoms. The number of carbonyl (C=O) groups is 1. The maximum atomic E-state index is 13.0. The average Bonchev–Trinajstić information content (AvgIpc) is 3.46. The Morgan fingerprint density at radius 3 is 2.93 bits per heavy atom. The number of aromatic nitrogens is 5. The molecule has 1 N–H and O–H groups in total. The van der Waals surface area contributed by atoms with Crippen molar-refractivity contribution >= 4 is 33.9 Å². The van der Waals surface area contributed by atoms with Gasteiger partial charge in [-0.3, -0.25) is 4.79 Å². The zero-order valence-corrected chi connectivity index (χ0v) is 17.5. The van der Waals surface area contributed by atoms with Gasteiger partial charge in [0.25, 0.3) is 5.91 Å². The highest BCUT2D eigenvalue weighted by Gasteiger charge is 2.16. The first kappa shape index (κ1) is 18.5. The highest BCUT2D eigenvalue weighted by atomic mass is 32.1. The molecule has 0 fully saturated rings. The quantitative estimate of drug-likeness (QED) is 0.474. The third-order valence-electron chi connectivity index (χ3n) is 4.96. The summed E-state index contributed by atoms with van der Waals surface area (Å²) >= 11 is 1.68. The second kappa shape index (κ2) is 7.38. The van der Waals surface area contributed by atoms with Gasteiger partial charge in [0.2, 0.25) is 0 Å². The van der Waals surface area contributed by atoms with E-state index in [2.05, 4.69) is 26.4 Å². The van der Waals surface area contributed by atoms with Gasteiger partial charge < -0.3 is 9.72 Å². The number of carbonyl (C=O) groups excluding carboxylic acids is 1. The van der Waals surface area contributed by atoms with E-state index in [-0.39, 0.29) is 5.91 Å². The number of fused-ring (bicyclic) bond motifs is 2. The topological polar surface area (TPSA) is 77.1 Å². The Kier molecular flexibility index (Phi) is 4.55. The molecule has 5 aromatic rings. The lowest BCUT2D eigenvalue weighted by Crippen LogP contribution is -2.23. The van der Waals surface area contributed by atoms with Gasteiger partial charge >= 0.3 is 0 Å². The van der Waals surface area contributed by atoms with E-state index in [4.69, 9.17) is 0 Å². The van der Waals surface area contributed by atoms with Gasteiger partial charge in [-0.2, -0.15) is 5.10 Å². The van der Waals surface area contributed by atoms with Crippen molar-refractivity contribution in [2.45, 2.75) is 26.9 Å². The van der Waals surface area contributed by atoms with E-state index in [1.807, 2.05) is 65.0 Å². The minimum Gasteiger partial charge on any atom is -0.346 e. The average molecular weight is 417 g/mol. The number of hydrogen-bond acceptors (Lipinski definition) is 5. The Morgan fingerprint density at radius 1 is 1.20 bits per heavy atom. The van der Waals surface area contributed by atoms with Crippen LogP contribution in [0, 0.1) is 13.8 Å². The van der Waals surface area contributed by atoms with Crippen molar-refractivity contribution in [2.24, 2.45) is 0 Å². The summed E-state index contributed by atoms with van der Waals surface area (Å²) in [7, 11) is 0. The van der Waals surface area contributed by atoms with Gasteiger partial charge in [0.1, 0.15) is 5.65 Å². The van der Waals surface area contributed by atoms with Crippen LogP contribution in [0.1, 0.15) is 32.2 Å². The zero-order chi connectivity index (χ0) is 20.7. The van der Waals surface area contributed by atoms with Crippen LogP contribution in [0.2, 0.25) is 0 Å². The highest BCUT2D eigenvalue weighted by Crippen LogP contribution is 2.20. The molecular formula is C22H20N6OS. The second-order valence-electron chi connectivity index (χ2n) is 7.31. The van der Waals surface area contributed by atoms with Gasteiger partial charge in [-0.15, -0.1) is 11.3 Å². The van der Waals surface area contributed by atoms with E-state index in [1.54, 1.807) is 17.5 Å². The SMILES string of the molecule is Cc1ccn2cc(CNC(=O)c3cc(C)nc4c3cnn4Cc3cccs3)nc2c1.